The molecule has 0 aliphatic carbocycles. The minimum Gasteiger partial charge on any atom is -0.494 e. The molecule has 0 amide bonds. The predicted molar refractivity (Wildman–Crippen MR) is 143 cm³/mol. The van der Waals surface area contributed by atoms with Gasteiger partial charge in [0.2, 0.25) is 0 Å². The number of hydrogen-bond donors (Lipinski definition) is 2. The molecule has 1 unspecified atom stereocenters. The van der Waals surface area contributed by atoms with Crippen molar-refractivity contribution in [3.63, 3.8) is 0 Å². The highest BCUT2D eigenvalue weighted by atomic mass is 16.5. The first-order valence-corrected chi connectivity index (χ1v) is 12.9. The summed E-state index contributed by atoms with van der Waals surface area (Å²) in [5, 5.41) is 6.49. The molecule has 1 aliphatic heterocycles. The van der Waals surface area contributed by atoms with Gasteiger partial charge in [-0.3, -0.25) is 0 Å². The third kappa shape index (κ3) is 6.39. The number of ether oxygens (including phenoxy) is 2. The van der Waals surface area contributed by atoms with Crippen LogP contribution in [-0.2, 0) is 28.8 Å². The maximum atomic E-state index is 12.6. The van der Waals surface area contributed by atoms with Gasteiger partial charge in [-0.25, -0.2) is 9.78 Å². The Bertz CT molecular complexity index is 1300. The van der Waals surface area contributed by atoms with E-state index in [1.165, 1.54) is 12.0 Å². The third-order valence-electron chi connectivity index (χ3n) is 6.32. The van der Waals surface area contributed by atoms with Crippen LogP contribution >= 0.6 is 0 Å². The second kappa shape index (κ2) is 11.8. The summed E-state index contributed by atoms with van der Waals surface area (Å²) in [7, 11) is 0. The quantitative estimate of drug-likeness (QED) is 0.215. The van der Waals surface area contributed by atoms with Crippen molar-refractivity contribution in [2.24, 2.45) is 0 Å². The second-order valence-electron chi connectivity index (χ2n) is 9.08. The molecule has 8 heteroatoms. The van der Waals surface area contributed by atoms with E-state index in [4.69, 9.17) is 18.9 Å². The fraction of sp³-hybridized carbons (Fsp3) is 0.345. The summed E-state index contributed by atoms with van der Waals surface area (Å²) < 4.78 is 17.0. The van der Waals surface area contributed by atoms with E-state index in [-0.39, 0.29) is 5.97 Å². The summed E-state index contributed by atoms with van der Waals surface area (Å²) in [6.45, 7) is 3.69. The fourth-order valence-electron chi connectivity index (χ4n) is 4.43. The van der Waals surface area contributed by atoms with E-state index in [0.29, 0.717) is 31.2 Å². The van der Waals surface area contributed by atoms with E-state index in [0.717, 1.165) is 54.1 Å². The molecule has 1 atom stereocenters. The average molecular weight is 501 g/mol. The largest absolute Gasteiger partial charge is 0.494 e. The monoisotopic (exact) mass is 500 g/mol. The first kappa shape index (κ1) is 24.6. The first-order valence-electron chi connectivity index (χ1n) is 12.9. The molecule has 2 aromatic heterocycles. The van der Waals surface area contributed by atoms with Gasteiger partial charge < -0.3 is 24.5 Å². The zero-order valence-corrected chi connectivity index (χ0v) is 21.0. The molecule has 0 saturated carbocycles. The summed E-state index contributed by atoms with van der Waals surface area (Å²) in [5.41, 5.74) is 4.75. The van der Waals surface area contributed by atoms with Gasteiger partial charge in [0.1, 0.15) is 23.1 Å². The molecule has 192 valence electrons. The Kier molecular flexibility index (Phi) is 7.84. The Balaban J connectivity index is 1.14. The van der Waals surface area contributed by atoms with Crippen LogP contribution in [0, 0.1) is 0 Å². The molecule has 3 heterocycles. The average Bonchev–Trinajstić information content (AvgIpc) is 3.34. The van der Waals surface area contributed by atoms with Gasteiger partial charge in [0.25, 0.3) is 6.01 Å². The molecule has 0 spiro atoms. The molecule has 4 aromatic rings. The molecule has 37 heavy (non-hydrogen) atoms. The lowest BCUT2D eigenvalue weighted by atomic mass is 10.1. The molecule has 0 bridgehead atoms. The number of fused-ring (bicyclic) bond motifs is 2. The first-order chi connectivity index (χ1) is 18.2. The summed E-state index contributed by atoms with van der Waals surface area (Å²) >= 11 is 0. The molecule has 5 rings (SSSR count). The van der Waals surface area contributed by atoms with Crippen LogP contribution in [0.2, 0.25) is 0 Å². The number of carbonyl (C=O) groups excluding carboxylic acids is 1. The van der Waals surface area contributed by atoms with E-state index in [1.807, 2.05) is 48.5 Å². The number of carbonyl (C=O) groups is 1. The number of hydrogen-bond acceptors (Lipinski definition) is 8. The second-order valence-corrected chi connectivity index (χ2v) is 9.08. The van der Waals surface area contributed by atoms with Gasteiger partial charge in [-0.15, -0.1) is 0 Å². The van der Waals surface area contributed by atoms with E-state index in [2.05, 4.69) is 27.8 Å². The van der Waals surface area contributed by atoms with Crippen molar-refractivity contribution in [3.05, 3.63) is 77.5 Å². The molecule has 0 fully saturated rings. The zero-order chi connectivity index (χ0) is 25.5. The Hall–Kier alpha value is -4.07. The van der Waals surface area contributed by atoms with Gasteiger partial charge in [0, 0.05) is 18.7 Å². The maximum absolute atomic E-state index is 12.6. The predicted octanol–water partition coefficient (Wildman–Crippen LogP) is 5.18. The van der Waals surface area contributed by atoms with Crippen LogP contribution < -0.4 is 15.4 Å². The van der Waals surface area contributed by atoms with Crippen LogP contribution in [0.5, 0.6) is 5.75 Å². The maximum Gasteiger partial charge on any atom is 0.329 e. The van der Waals surface area contributed by atoms with Gasteiger partial charge in [0.05, 0.1) is 13.2 Å². The number of benzene rings is 2. The minimum atomic E-state index is -0.626. The Morgan fingerprint density at radius 2 is 1.97 bits per heavy atom. The van der Waals surface area contributed by atoms with Crippen molar-refractivity contribution in [2.45, 2.75) is 45.1 Å². The topological polar surface area (TPSA) is 98.5 Å². The Morgan fingerprint density at radius 1 is 1.11 bits per heavy atom. The molecular weight excluding hydrogens is 468 g/mol. The summed E-state index contributed by atoms with van der Waals surface area (Å²) in [5.74, 6) is 1.48. The molecule has 0 saturated heterocycles. The Morgan fingerprint density at radius 3 is 2.81 bits per heavy atom. The normalized spacial score (nSPS) is 13.4. The van der Waals surface area contributed by atoms with Crippen LogP contribution in [0.25, 0.3) is 11.1 Å². The standard InChI is InChI=1S/C29H32N4O4/c1-2-35-28(34)25(33-29-32-24-9-3-4-10-26(24)37-29)19-20-11-15-23(16-12-20)36-18-6-8-22-14-13-21-7-5-17-30-27(21)31-22/h3-4,9-16,25H,2,5-8,17-19H2,1H3,(H,30,31)(H,32,33). The molecule has 2 N–H and O–H groups in total. The summed E-state index contributed by atoms with van der Waals surface area (Å²) in [4.78, 5) is 21.8. The van der Waals surface area contributed by atoms with E-state index in [9.17, 15) is 4.79 Å². The number of rotatable bonds is 11. The summed E-state index contributed by atoms with van der Waals surface area (Å²) in [6, 6.07) is 19.2. The number of oxazole rings is 1. The fourth-order valence-corrected chi connectivity index (χ4v) is 4.43. The van der Waals surface area contributed by atoms with E-state index < -0.39 is 6.04 Å². The van der Waals surface area contributed by atoms with Gasteiger partial charge in [-0.2, -0.15) is 4.98 Å². The van der Waals surface area contributed by atoms with Crippen molar-refractivity contribution in [1.82, 2.24) is 9.97 Å². The van der Waals surface area contributed by atoms with Crippen LogP contribution in [0.1, 0.15) is 36.6 Å². The van der Waals surface area contributed by atoms with E-state index in [1.54, 1.807) is 6.92 Å². The number of aromatic nitrogens is 2. The SMILES string of the molecule is CCOC(=O)C(Cc1ccc(OCCCc2ccc3c(n2)NCCC3)cc1)Nc1nc2ccccc2o1. The summed E-state index contributed by atoms with van der Waals surface area (Å²) in [6.07, 6.45) is 4.44. The van der Waals surface area contributed by atoms with Crippen molar-refractivity contribution in [2.75, 3.05) is 30.4 Å². The zero-order valence-electron chi connectivity index (χ0n) is 21.0. The van der Waals surface area contributed by atoms with Crippen LogP contribution in [0.3, 0.4) is 0 Å². The van der Waals surface area contributed by atoms with Gasteiger partial charge >= 0.3 is 5.97 Å². The van der Waals surface area contributed by atoms with Crippen molar-refractivity contribution in [1.29, 1.82) is 0 Å². The molecule has 2 aromatic carbocycles. The molecule has 8 nitrogen and oxygen atoms in total. The number of anilines is 2. The lowest BCUT2D eigenvalue weighted by Gasteiger charge is -2.17. The minimum absolute atomic E-state index is 0.295. The Labute approximate surface area is 216 Å². The number of para-hydroxylation sites is 2. The van der Waals surface area contributed by atoms with Crippen molar-refractivity contribution in [3.8, 4) is 5.75 Å². The number of esters is 1. The molecular formula is C29H32N4O4. The van der Waals surface area contributed by atoms with Crippen LogP contribution in [0.4, 0.5) is 11.8 Å². The van der Waals surface area contributed by atoms with Crippen LogP contribution in [-0.4, -0.2) is 41.7 Å². The number of aryl methyl sites for hydroxylation is 2. The van der Waals surface area contributed by atoms with Gasteiger partial charge in [0.15, 0.2) is 5.58 Å². The van der Waals surface area contributed by atoms with Gasteiger partial charge in [-0.05, 0) is 74.1 Å². The lowest BCUT2D eigenvalue weighted by Crippen LogP contribution is -2.33. The molecule has 1 aliphatic rings. The number of nitrogens with one attached hydrogen (secondary N) is 2. The number of pyridine rings is 1. The highest BCUT2D eigenvalue weighted by Crippen LogP contribution is 2.22. The van der Waals surface area contributed by atoms with E-state index >= 15 is 0 Å². The smallest absolute Gasteiger partial charge is 0.329 e. The lowest BCUT2D eigenvalue weighted by molar-refractivity contribution is -0.144. The molecule has 0 radical (unpaired) electrons. The van der Waals surface area contributed by atoms with Crippen molar-refractivity contribution < 1.29 is 18.7 Å². The van der Waals surface area contributed by atoms with Gasteiger partial charge in [-0.1, -0.05) is 30.3 Å². The van der Waals surface area contributed by atoms with Crippen molar-refractivity contribution >= 4 is 28.9 Å². The highest BCUT2D eigenvalue weighted by Gasteiger charge is 2.22. The highest BCUT2D eigenvalue weighted by molar-refractivity contribution is 5.80. The third-order valence-corrected chi connectivity index (χ3v) is 6.32. The number of nitrogens with zero attached hydrogens (tertiary/aromatic N) is 2. The van der Waals surface area contributed by atoms with Crippen LogP contribution in [0.15, 0.2) is 65.1 Å².